The molecule has 0 radical (unpaired) electrons. The summed E-state index contributed by atoms with van der Waals surface area (Å²) in [6.07, 6.45) is 4.27. The van der Waals surface area contributed by atoms with Gasteiger partial charge in [-0.05, 0) is 61.4 Å². The monoisotopic (exact) mass is 527 g/mol. The van der Waals surface area contributed by atoms with E-state index in [-0.39, 0.29) is 36.9 Å². The molecule has 4 atom stereocenters. The maximum Gasteiger partial charge on any atom is 0.304 e. The number of hydrogen-bond donors (Lipinski definition) is 1. The number of aliphatic carboxylic acids is 1. The molecule has 1 amide bonds. The molecular weight excluding hydrogens is 498 g/mol. The van der Waals surface area contributed by atoms with Crippen LogP contribution in [0, 0.1) is 22.7 Å². The first-order valence-corrected chi connectivity index (χ1v) is 13.9. The van der Waals surface area contributed by atoms with Gasteiger partial charge in [0.05, 0.1) is 41.7 Å². The number of rotatable bonds is 9. The lowest BCUT2D eigenvalue weighted by Gasteiger charge is -2.49. The summed E-state index contributed by atoms with van der Waals surface area (Å²) in [7, 11) is -1.45. The molecule has 36 heavy (non-hydrogen) atoms. The fourth-order valence-electron chi connectivity index (χ4n) is 5.29. The van der Waals surface area contributed by atoms with Crippen LogP contribution in [-0.4, -0.2) is 44.9 Å². The largest absolute Gasteiger partial charge is 0.481 e. The highest BCUT2D eigenvalue weighted by atomic mass is 35.5. The summed E-state index contributed by atoms with van der Waals surface area (Å²) in [6, 6.07) is 16.1. The van der Waals surface area contributed by atoms with Crippen LogP contribution in [0.5, 0.6) is 0 Å². The van der Waals surface area contributed by atoms with Crippen LogP contribution in [-0.2, 0) is 20.6 Å². The van der Waals surface area contributed by atoms with Gasteiger partial charge in [-0.2, -0.15) is 5.26 Å². The summed E-state index contributed by atoms with van der Waals surface area (Å²) in [5, 5.41) is 19.8. The van der Waals surface area contributed by atoms with Gasteiger partial charge >= 0.3 is 5.97 Å². The number of carboxylic acid groups (broad SMARTS) is 1. The molecule has 0 spiro atoms. The number of carbonyl (C=O) groups is 2. The number of amides is 1. The Morgan fingerprint density at radius 3 is 2.50 bits per heavy atom. The Labute approximate surface area is 219 Å². The summed E-state index contributed by atoms with van der Waals surface area (Å²) < 4.78 is 14.6. The third-order valence-electron chi connectivity index (χ3n) is 7.33. The first-order chi connectivity index (χ1) is 17.1. The van der Waals surface area contributed by atoms with E-state index >= 15 is 0 Å². The van der Waals surface area contributed by atoms with Crippen molar-refractivity contribution < 1.29 is 18.9 Å². The smallest absolute Gasteiger partial charge is 0.304 e. The zero-order valence-electron chi connectivity index (χ0n) is 20.4. The summed E-state index contributed by atoms with van der Waals surface area (Å²) >= 11 is 6.13. The number of nitrogens with zero attached hydrogens (tertiary/aromatic N) is 3. The summed E-state index contributed by atoms with van der Waals surface area (Å²) in [5.41, 5.74) is 0.893. The van der Waals surface area contributed by atoms with E-state index in [0.717, 1.165) is 18.4 Å². The second-order valence-electron chi connectivity index (χ2n) is 9.97. The van der Waals surface area contributed by atoms with E-state index in [2.05, 4.69) is 6.07 Å². The van der Waals surface area contributed by atoms with Crippen molar-refractivity contribution in [3.05, 3.63) is 64.7 Å². The van der Waals surface area contributed by atoms with Crippen molar-refractivity contribution in [3.63, 3.8) is 0 Å². The van der Waals surface area contributed by atoms with E-state index in [4.69, 9.17) is 11.6 Å². The quantitative estimate of drug-likeness (QED) is 0.498. The minimum Gasteiger partial charge on any atom is -0.481 e. The highest BCUT2D eigenvalue weighted by Gasteiger charge is 2.51. The molecule has 4 rings (SSSR count). The van der Waals surface area contributed by atoms with Gasteiger partial charge in [0.2, 0.25) is 5.91 Å². The van der Waals surface area contributed by atoms with Crippen molar-refractivity contribution >= 4 is 40.2 Å². The molecule has 1 heterocycles. The number of carbonyl (C=O) groups excluding carboxylic acids is 1. The molecule has 190 valence electrons. The summed E-state index contributed by atoms with van der Waals surface area (Å²) in [6.45, 7) is 2.02. The number of likely N-dealkylation sites (tertiary alicyclic amines) is 1. The van der Waals surface area contributed by atoms with Crippen LogP contribution >= 0.6 is 11.6 Å². The van der Waals surface area contributed by atoms with Crippen molar-refractivity contribution in [2.75, 3.05) is 17.1 Å². The molecule has 9 heteroatoms. The van der Waals surface area contributed by atoms with Crippen LogP contribution in [0.1, 0.15) is 56.2 Å². The lowest BCUT2D eigenvalue weighted by atomic mass is 9.74. The van der Waals surface area contributed by atoms with Crippen LogP contribution in [0.25, 0.3) is 0 Å². The zero-order valence-corrected chi connectivity index (χ0v) is 22.0. The fourth-order valence-corrected chi connectivity index (χ4v) is 6.21. The lowest BCUT2D eigenvalue weighted by molar-refractivity contribution is -0.159. The highest BCUT2D eigenvalue weighted by Crippen LogP contribution is 2.48. The molecule has 2 aromatic carbocycles. The zero-order chi connectivity index (χ0) is 26.0. The van der Waals surface area contributed by atoms with Crippen LogP contribution in [0.3, 0.4) is 0 Å². The first-order valence-electron chi connectivity index (χ1n) is 12.0. The third-order valence-corrected chi connectivity index (χ3v) is 8.55. The molecule has 2 aliphatic rings. The SMILES string of the molecule is CS(=O)N(CC(C1CC1)N1C(=O)C(C)(CC(=O)O)CC[C@H]1c1ccc(Cl)cc1)c1ccccc1C#N. The molecule has 7 nitrogen and oxygen atoms in total. The van der Waals surface area contributed by atoms with E-state index < -0.39 is 22.4 Å². The standard InChI is InChI=1S/C27H30ClN3O4S/c1-27(15-25(32)33)14-13-23(18-9-11-21(28)12-10-18)31(26(27)34)24(19-7-8-19)17-30(36(2)35)22-6-4-3-5-20(22)16-29/h3-6,9-12,19,23-24H,7-8,13-15,17H2,1-2H3,(H,32,33)/t23-,24?,27?,36?/m0/s1. The van der Waals surface area contributed by atoms with E-state index in [9.17, 15) is 24.2 Å². The van der Waals surface area contributed by atoms with Gasteiger partial charge in [-0.3, -0.25) is 13.9 Å². The Kier molecular flexibility index (Phi) is 7.72. The van der Waals surface area contributed by atoms with Gasteiger partial charge in [0.1, 0.15) is 17.1 Å². The summed E-state index contributed by atoms with van der Waals surface area (Å²) in [5.74, 6) is -0.988. The van der Waals surface area contributed by atoms with Crippen molar-refractivity contribution in [2.24, 2.45) is 11.3 Å². The minimum absolute atomic E-state index is 0.191. The molecule has 2 fully saturated rings. The molecule has 1 aliphatic heterocycles. The molecule has 3 unspecified atom stereocenters. The van der Waals surface area contributed by atoms with Crippen molar-refractivity contribution in [2.45, 2.75) is 51.1 Å². The third kappa shape index (κ3) is 5.42. The Morgan fingerprint density at radius 1 is 1.25 bits per heavy atom. The van der Waals surface area contributed by atoms with Crippen LogP contribution in [0.2, 0.25) is 5.02 Å². The minimum atomic E-state index is -1.45. The number of halogens is 1. The molecule has 0 bridgehead atoms. The number of hydrogen-bond acceptors (Lipinski definition) is 4. The van der Waals surface area contributed by atoms with E-state index in [0.29, 0.717) is 29.1 Å². The predicted molar refractivity (Wildman–Crippen MR) is 140 cm³/mol. The van der Waals surface area contributed by atoms with E-state index in [1.807, 2.05) is 17.0 Å². The maximum absolute atomic E-state index is 14.1. The number of carboxylic acids is 1. The molecular formula is C27H30ClN3O4S. The number of piperidine rings is 1. The van der Waals surface area contributed by atoms with E-state index in [1.165, 1.54) is 0 Å². The predicted octanol–water partition coefficient (Wildman–Crippen LogP) is 4.93. The number of benzene rings is 2. The van der Waals surface area contributed by atoms with Gasteiger partial charge < -0.3 is 10.0 Å². The molecule has 2 aromatic rings. The first kappa shape index (κ1) is 26.2. The Hall–Kier alpha value is -2.89. The van der Waals surface area contributed by atoms with Crippen molar-refractivity contribution in [1.82, 2.24) is 4.90 Å². The van der Waals surface area contributed by atoms with Gasteiger partial charge in [0, 0.05) is 11.3 Å². The Bertz CT molecular complexity index is 1210. The lowest BCUT2D eigenvalue weighted by Crippen LogP contribution is -2.57. The molecule has 1 saturated heterocycles. The average molecular weight is 528 g/mol. The van der Waals surface area contributed by atoms with Gasteiger partial charge in [0.25, 0.3) is 0 Å². The molecule has 1 saturated carbocycles. The van der Waals surface area contributed by atoms with Gasteiger partial charge in [-0.1, -0.05) is 42.8 Å². The van der Waals surface area contributed by atoms with Crippen molar-refractivity contribution in [3.8, 4) is 6.07 Å². The van der Waals surface area contributed by atoms with E-state index in [1.54, 1.807) is 53.9 Å². The molecule has 0 aromatic heterocycles. The van der Waals surface area contributed by atoms with Crippen LogP contribution in [0.15, 0.2) is 48.5 Å². The van der Waals surface area contributed by atoms with Gasteiger partial charge in [0.15, 0.2) is 0 Å². The normalized spacial score (nSPS) is 23.6. The Balaban J connectivity index is 1.77. The van der Waals surface area contributed by atoms with Gasteiger partial charge in [-0.15, -0.1) is 0 Å². The topological polar surface area (TPSA) is 102 Å². The highest BCUT2D eigenvalue weighted by molar-refractivity contribution is 7.85. The van der Waals surface area contributed by atoms with Crippen LogP contribution in [0.4, 0.5) is 5.69 Å². The number of nitriles is 1. The second-order valence-corrected chi connectivity index (χ2v) is 11.7. The maximum atomic E-state index is 14.1. The average Bonchev–Trinajstić information content (AvgIpc) is 3.67. The summed E-state index contributed by atoms with van der Waals surface area (Å²) in [4.78, 5) is 27.7. The second kappa shape index (κ2) is 10.6. The number of para-hydroxylation sites is 1. The van der Waals surface area contributed by atoms with Gasteiger partial charge in [-0.25, -0.2) is 4.21 Å². The number of anilines is 1. The van der Waals surface area contributed by atoms with Crippen molar-refractivity contribution in [1.29, 1.82) is 5.26 Å². The van der Waals surface area contributed by atoms with Crippen LogP contribution < -0.4 is 4.31 Å². The Morgan fingerprint density at radius 2 is 1.92 bits per heavy atom. The fraction of sp³-hybridized carbons (Fsp3) is 0.444. The molecule has 1 aliphatic carbocycles. The molecule has 1 N–H and O–H groups in total.